The summed E-state index contributed by atoms with van der Waals surface area (Å²) in [5.74, 6) is -0.329. The number of aromatic nitrogens is 4. The van der Waals surface area contributed by atoms with Crippen LogP contribution in [0.3, 0.4) is 0 Å². The summed E-state index contributed by atoms with van der Waals surface area (Å²) in [6.45, 7) is 0.0685. The van der Waals surface area contributed by atoms with E-state index in [1.54, 1.807) is 24.4 Å². The Morgan fingerprint density at radius 1 is 1.13 bits per heavy atom. The van der Waals surface area contributed by atoms with Gasteiger partial charge in [-0.3, -0.25) is 14.2 Å². The molecule has 1 aliphatic carbocycles. The van der Waals surface area contributed by atoms with Gasteiger partial charge in [-0.05, 0) is 30.5 Å². The smallest absolute Gasteiger partial charge is 0.283 e. The molecule has 2 heterocycles. The highest BCUT2D eigenvalue weighted by Gasteiger charge is 2.34. The van der Waals surface area contributed by atoms with E-state index in [2.05, 4.69) is 15.5 Å². The van der Waals surface area contributed by atoms with Crippen molar-refractivity contribution >= 4 is 58.1 Å². The van der Waals surface area contributed by atoms with Gasteiger partial charge >= 0.3 is 0 Å². The fourth-order valence-corrected chi connectivity index (χ4v) is 4.06. The monoisotopic (exact) mass is 507 g/mol. The van der Waals surface area contributed by atoms with Crippen LogP contribution in [-0.4, -0.2) is 25.5 Å². The summed E-state index contributed by atoms with van der Waals surface area (Å²) >= 11 is 24.2. The van der Waals surface area contributed by atoms with E-state index in [-0.39, 0.29) is 28.3 Å². The lowest BCUT2D eigenvalue weighted by molar-refractivity contribution is -0.117. The summed E-state index contributed by atoms with van der Waals surface area (Å²) in [5, 5.41) is 11.7. The van der Waals surface area contributed by atoms with Crippen LogP contribution in [-0.2, 0) is 17.9 Å². The van der Waals surface area contributed by atoms with Gasteiger partial charge in [0.1, 0.15) is 17.3 Å². The number of nitrogens with one attached hydrogen (secondary N) is 1. The highest BCUT2D eigenvalue weighted by atomic mass is 35.5. The van der Waals surface area contributed by atoms with E-state index in [1.807, 2.05) is 0 Å². The quantitative estimate of drug-likeness (QED) is 0.413. The van der Waals surface area contributed by atoms with Crippen molar-refractivity contribution in [3.05, 3.63) is 61.4 Å². The number of carbonyl (C=O) groups is 1. The Kier molecular flexibility index (Phi) is 6.44. The summed E-state index contributed by atoms with van der Waals surface area (Å²) < 4.78 is 29.1. The average molecular weight is 509 g/mol. The molecule has 0 saturated heterocycles. The van der Waals surface area contributed by atoms with Crippen molar-refractivity contribution in [3.63, 3.8) is 0 Å². The van der Waals surface area contributed by atoms with Gasteiger partial charge in [-0.2, -0.15) is 10.2 Å². The molecule has 1 fully saturated rings. The Labute approximate surface area is 196 Å². The molecule has 2 aromatic heterocycles. The van der Waals surface area contributed by atoms with Crippen LogP contribution in [0, 0.1) is 0 Å². The van der Waals surface area contributed by atoms with Gasteiger partial charge in [0.15, 0.2) is 5.82 Å². The molecule has 1 saturated carbocycles. The number of halogens is 6. The predicted molar refractivity (Wildman–Crippen MR) is 116 cm³/mol. The number of carbonyl (C=O) groups excluding carboxylic acids is 1. The Morgan fingerprint density at radius 2 is 1.87 bits per heavy atom. The predicted octanol–water partition coefficient (Wildman–Crippen LogP) is 6.20. The topological polar surface area (TPSA) is 64.7 Å². The van der Waals surface area contributed by atoms with Gasteiger partial charge < -0.3 is 5.32 Å². The molecule has 1 amide bonds. The average Bonchev–Trinajstić information content (AvgIpc) is 3.39. The van der Waals surface area contributed by atoms with E-state index < -0.39 is 18.0 Å². The molecule has 3 aromatic rings. The van der Waals surface area contributed by atoms with E-state index in [9.17, 15) is 13.6 Å². The first kappa shape index (κ1) is 22.3. The maximum absolute atomic E-state index is 13.2. The standard InChI is InChI=1S/C19H15Cl4F2N5O/c20-11-4-1-9(5-12(11)21)6-29-7-13(22)19(28-29)26-14(31)8-30-17(10-2-3-10)15(23)16(27-30)18(24)25/h1,4-5,7,10,18H,2-3,6,8H2,(H,26,28,31). The Morgan fingerprint density at radius 3 is 2.52 bits per heavy atom. The Bertz CT molecular complexity index is 1140. The van der Waals surface area contributed by atoms with Gasteiger partial charge in [0, 0.05) is 12.1 Å². The van der Waals surface area contributed by atoms with Crippen LogP contribution >= 0.6 is 46.4 Å². The maximum atomic E-state index is 13.2. The van der Waals surface area contributed by atoms with Crippen LogP contribution < -0.4 is 5.32 Å². The minimum absolute atomic E-state index is 0.0364. The summed E-state index contributed by atoms with van der Waals surface area (Å²) in [7, 11) is 0. The third-order valence-electron chi connectivity index (χ3n) is 4.72. The number of amides is 1. The molecule has 31 heavy (non-hydrogen) atoms. The highest BCUT2D eigenvalue weighted by Crippen LogP contribution is 2.45. The molecule has 12 heteroatoms. The molecule has 0 aliphatic heterocycles. The molecule has 164 valence electrons. The zero-order chi connectivity index (χ0) is 22.3. The van der Waals surface area contributed by atoms with Gasteiger partial charge in [-0.25, -0.2) is 8.78 Å². The number of hydrogen-bond acceptors (Lipinski definition) is 3. The molecular weight excluding hydrogens is 494 g/mol. The summed E-state index contributed by atoms with van der Waals surface area (Å²) in [5.41, 5.74) is 0.787. The molecule has 0 spiro atoms. The third kappa shape index (κ3) is 4.98. The molecule has 1 aliphatic rings. The van der Waals surface area contributed by atoms with Crippen molar-refractivity contribution in [2.45, 2.75) is 38.3 Å². The fraction of sp³-hybridized carbons (Fsp3) is 0.316. The number of rotatable bonds is 7. The number of alkyl halides is 2. The Hall–Kier alpha value is -1.87. The number of benzene rings is 1. The van der Waals surface area contributed by atoms with E-state index in [1.165, 1.54) is 9.36 Å². The molecular formula is C19H15Cl4F2N5O. The van der Waals surface area contributed by atoms with Gasteiger partial charge in [-0.15, -0.1) is 0 Å². The van der Waals surface area contributed by atoms with Crippen molar-refractivity contribution in [3.8, 4) is 0 Å². The highest BCUT2D eigenvalue weighted by molar-refractivity contribution is 6.42. The molecule has 4 rings (SSSR count). The second-order valence-corrected chi connectivity index (χ2v) is 8.74. The van der Waals surface area contributed by atoms with E-state index in [0.29, 0.717) is 22.3 Å². The number of hydrogen-bond donors (Lipinski definition) is 1. The molecule has 0 unspecified atom stereocenters. The lowest BCUT2D eigenvalue weighted by Gasteiger charge is -2.07. The normalized spacial score (nSPS) is 13.8. The zero-order valence-corrected chi connectivity index (χ0v) is 18.8. The molecule has 0 radical (unpaired) electrons. The van der Waals surface area contributed by atoms with E-state index in [0.717, 1.165) is 18.4 Å². The molecule has 0 bridgehead atoms. The van der Waals surface area contributed by atoms with Crippen molar-refractivity contribution in [1.29, 1.82) is 0 Å². The maximum Gasteiger partial charge on any atom is 0.283 e. The van der Waals surface area contributed by atoms with Gasteiger partial charge in [0.25, 0.3) is 6.43 Å². The van der Waals surface area contributed by atoms with Crippen molar-refractivity contribution in [2.24, 2.45) is 0 Å². The molecule has 6 nitrogen and oxygen atoms in total. The van der Waals surface area contributed by atoms with Crippen LogP contribution in [0.1, 0.15) is 42.1 Å². The van der Waals surface area contributed by atoms with E-state index >= 15 is 0 Å². The van der Waals surface area contributed by atoms with Crippen LogP contribution in [0.25, 0.3) is 0 Å². The number of anilines is 1. The second kappa shape index (κ2) is 8.94. The fourth-order valence-electron chi connectivity index (χ4n) is 3.17. The zero-order valence-electron chi connectivity index (χ0n) is 15.8. The van der Waals surface area contributed by atoms with Crippen LogP contribution in [0.2, 0.25) is 20.1 Å². The minimum Gasteiger partial charge on any atom is -0.306 e. The van der Waals surface area contributed by atoms with Crippen LogP contribution in [0.4, 0.5) is 14.6 Å². The summed E-state index contributed by atoms with van der Waals surface area (Å²) in [6, 6.07) is 5.18. The lowest BCUT2D eigenvalue weighted by atomic mass is 10.2. The minimum atomic E-state index is -2.82. The molecule has 1 N–H and O–H groups in total. The molecule has 0 atom stereocenters. The first-order valence-corrected chi connectivity index (χ1v) is 10.7. The molecule has 1 aromatic carbocycles. The largest absolute Gasteiger partial charge is 0.306 e. The Balaban J connectivity index is 1.47. The van der Waals surface area contributed by atoms with Gasteiger partial charge in [0.2, 0.25) is 5.91 Å². The summed E-state index contributed by atoms with van der Waals surface area (Å²) in [4.78, 5) is 12.5. The first-order valence-electron chi connectivity index (χ1n) is 9.24. The SMILES string of the molecule is O=C(Cn1nc(C(F)F)c(Cl)c1C1CC1)Nc1nn(Cc2ccc(Cl)c(Cl)c2)cc1Cl. The lowest BCUT2D eigenvalue weighted by Crippen LogP contribution is -2.21. The van der Waals surface area contributed by atoms with Crippen LogP contribution in [0.15, 0.2) is 24.4 Å². The van der Waals surface area contributed by atoms with Crippen molar-refractivity contribution < 1.29 is 13.6 Å². The second-order valence-electron chi connectivity index (χ2n) is 7.14. The first-order chi connectivity index (χ1) is 14.7. The summed E-state index contributed by atoms with van der Waals surface area (Å²) in [6.07, 6.45) is 0.372. The van der Waals surface area contributed by atoms with Gasteiger partial charge in [-0.1, -0.05) is 52.5 Å². The van der Waals surface area contributed by atoms with Crippen LogP contribution in [0.5, 0.6) is 0 Å². The van der Waals surface area contributed by atoms with Gasteiger partial charge in [0.05, 0.1) is 27.3 Å². The van der Waals surface area contributed by atoms with Crippen molar-refractivity contribution in [1.82, 2.24) is 19.6 Å². The van der Waals surface area contributed by atoms with E-state index in [4.69, 9.17) is 46.4 Å². The van der Waals surface area contributed by atoms with Crippen molar-refractivity contribution in [2.75, 3.05) is 5.32 Å². The number of nitrogens with zero attached hydrogens (tertiary/aromatic N) is 4. The third-order valence-corrected chi connectivity index (χ3v) is 6.13.